The quantitative estimate of drug-likeness (QED) is 0.714. The van der Waals surface area contributed by atoms with Gasteiger partial charge in [0.25, 0.3) is 0 Å². The topological polar surface area (TPSA) is 37.4 Å². The Bertz CT molecular complexity index is 248. The van der Waals surface area contributed by atoms with Crippen molar-refractivity contribution in [2.24, 2.45) is 11.8 Å². The van der Waals surface area contributed by atoms with E-state index in [1.165, 1.54) is 0 Å². The molecule has 0 saturated carbocycles. The molecule has 0 N–H and O–H groups in total. The standard InChI is InChI=1S/C12H21NO2/c1-9(2)7-12(15)13-6-4-5-11(8-13)10(3)14/h9,11H,4-8H2,1-3H3. The number of carbonyl (C=O) groups excluding carboxylic acids is 2. The molecule has 0 aromatic rings. The molecule has 0 spiro atoms. The fraction of sp³-hybridized carbons (Fsp3) is 0.833. The molecule has 3 heteroatoms. The van der Waals surface area contributed by atoms with Gasteiger partial charge in [-0.25, -0.2) is 0 Å². The molecule has 86 valence electrons. The molecule has 0 aliphatic carbocycles. The number of likely N-dealkylation sites (tertiary alicyclic amines) is 1. The lowest BCUT2D eigenvalue weighted by molar-refractivity contribution is -0.135. The first-order valence-corrected chi connectivity index (χ1v) is 5.79. The Kier molecular flexibility index (Phi) is 4.30. The normalized spacial score (nSPS) is 21.9. The van der Waals surface area contributed by atoms with E-state index >= 15 is 0 Å². The van der Waals surface area contributed by atoms with Gasteiger partial charge in [-0.15, -0.1) is 0 Å². The maximum absolute atomic E-state index is 11.8. The van der Waals surface area contributed by atoms with Gasteiger partial charge in [-0.3, -0.25) is 9.59 Å². The van der Waals surface area contributed by atoms with Crippen LogP contribution in [0.1, 0.15) is 40.0 Å². The number of piperidine rings is 1. The van der Waals surface area contributed by atoms with Crippen LogP contribution in [0, 0.1) is 11.8 Å². The highest BCUT2D eigenvalue weighted by Gasteiger charge is 2.26. The molecular formula is C12H21NO2. The highest BCUT2D eigenvalue weighted by atomic mass is 16.2. The molecule has 3 nitrogen and oxygen atoms in total. The van der Waals surface area contributed by atoms with E-state index in [0.29, 0.717) is 18.9 Å². The average Bonchev–Trinajstić information content (AvgIpc) is 2.17. The average molecular weight is 211 g/mol. The SMILES string of the molecule is CC(=O)C1CCCN(C(=O)CC(C)C)C1. The Morgan fingerprint density at radius 3 is 2.60 bits per heavy atom. The van der Waals surface area contributed by atoms with Crippen molar-refractivity contribution in [3.8, 4) is 0 Å². The molecule has 1 aliphatic rings. The second-order valence-corrected chi connectivity index (χ2v) is 4.89. The van der Waals surface area contributed by atoms with E-state index in [-0.39, 0.29) is 17.6 Å². The van der Waals surface area contributed by atoms with Gasteiger partial charge in [-0.05, 0) is 25.7 Å². The molecule has 1 heterocycles. The summed E-state index contributed by atoms with van der Waals surface area (Å²) in [5.41, 5.74) is 0. The van der Waals surface area contributed by atoms with Gasteiger partial charge in [0.15, 0.2) is 0 Å². The summed E-state index contributed by atoms with van der Waals surface area (Å²) in [6.45, 7) is 7.19. The van der Waals surface area contributed by atoms with Gasteiger partial charge in [0.2, 0.25) is 5.91 Å². The number of hydrogen-bond acceptors (Lipinski definition) is 2. The summed E-state index contributed by atoms with van der Waals surface area (Å²) in [6, 6.07) is 0. The lowest BCUT2D eigenvalue weighted by Gasteiger charge is -2.32. The van der Waals surface area contributed by atoms with Crippen LogP contribution in [0.2, 0.25) is 0 Å². The van der Waals surface area contributed by atoms with Crippen molar-refractivity contribution >= 4 is 11.7 Å². The smallest absolute Gasteiger partial charge is 0.222 e. The Hall–Kier alpha value is -0.860. The number of amides is 1. The Labute approximate surface area is 91.8 Å². The van der Waals surface area contributed by atoms with Crippen molar-refractivity contribution in [2.75, 3.05) is 13.1 Å². The van der Waals surface area contributed by atoms with Gasteiger partial charge in [-0.1, -0.05) is 13.8 Å². The molecule has 0 radical (unpaired) electrons. The first kappa shape index (κ1) is 12.2. The van der Waals surface area contributed by atoms with E-state index in [9.17, 15) is 9.59 Å². The highest BCUT2D eigenvalue weighted by Crippen LogP contribution is 2.18. The third kappa shape index (κ3) is 3.65. The molecule has 15 heavy (non-hydrogen) atoms. The van der Waals surface area contributed by atoms with E-state index < -0.39 is 0 Å². The van der Waals surface area contributed by atoms with Crippen LogP contribution >= 0.6 is 0 Å². The van der Waals surface area contributed by atoms with Crippen molar-refractivity contribution in [3.63, 3.8) is 0 Å². The van der Waals surface area contributed by atoms with Crippen LogP contribution in [0.15, 0.2) is 0 Å². The van der Waals surface area contributed by atoms with Crippen LogP contribution in [0.25, 0.3) is 0 Å². The zero-order chi connectivity index (χ0) is 11.4. The summed E-state index contributed by atoms with van der Waals surface area (Å²) in [4.78, 5) is 24.9. The maximum atomic E-state index is 11.8. The molecule has 1 fully saturated rings. The van der Waals surface area contributed by atoms with Crippen molar-refractivity contribution in [2.45, 2.75) is 40.0 Å². The third-order valence-electron chi connectivity index (χ3n) is 2.93. The van der Waals surface area contributed by atoms with E-state index in [4.69, 9.17) is 0 Å². The van der Waals surface area contributed by atoms with Crippen molar-refractivity contribution in [1.29, 1.82) is 0 Å². The summed E-state index contributed by atoms with van der Waals surface area (Å²) in [7, 11) is 0. The van der Waals surface area contributed by atoms with E-state index in [1.54, 1.807) is 6.92 Å². The molecule has 0 aromatic carbocycles. The molecule has 1 saturated heterocycles. The van der Waals surface area contributed by atoms with Gasteiger partial charge < -0.3 is 4.90 Å². The van der Waals surface area contributed by atoms with Gasteiger partial charge >= 0.3 is 0 Å². The fourth-order valence-electron chi connectivity index (χ4n) is 2.01. The molecule has 0 aromatic heterocycles. The van der Waals surface area contributed by atoms with Gasteiger partial charge in [0.1, 0.15) is 5.78 Å². The molecular weight excluding hydrogens is 190 g/mol. The molecule has 1 amide bonds. The second kappa shape index (κ2) is 5.29. The summed E-state index contributed by atoms with van der Waals surface area (Å²) >= 11 is 0. The number of rotatable bonds is 3. The number of ketones is 1. The predicted octanol–water partition coefficient (Wildman–Crippen LogP) is 1.86. The summed E-state index contributed by atoms with van der Waals surface area (Å²) in [5, 5.41) is 0. The van der Waals surface area contributed by atoms with Crippen molar-refractivity contribution in [3.05, 3.63) is 0 Å². The number of Topliss-reactive ketones (excluding diaryl/α,β-unsaturated/α-hetero) is 1. The van der Waals surface area contributed by atoms with E-state index in [2.05, 4.69) is 0 Å². The predicted molar refractivity (Wildman–Crippen MR) is 59.4 cm³/mol. The van der Waals surface area contributed by atoms with Crippen LogP contribution < -0.4 is 0 Å². The molecule has 1 unspecified atom stereocenters. The lowest BCUT2D eigenvalue weighted by Crippen LogP contribution is -2.42. The zero-order valence-electron chi connectivity index (χ0n) is 9.95. The first-order valence-electron chi connectivity index (χ1n) is 5.79. The number of hydrogen-bond donors (Lipinski definition) is 0. The minimum absolute atomic E-state index is 0.0786. The van der Waals surface area contributed by atoms with Gasteiger partial charge in [-0.2, -0.15) is 0 Å². The summed E-state index contributed by atoms with van der Waals surface area (Å²) in [6.07, 6.45) is 2.51. The fourth-order valence-corrected chi connectivity index (χ4v) is 2.01. The monoisotopic (exact) mass is 211 g/mol. The first-order chi connectivity index (χ1) is 7.00. The van der Waals surface area contributed by atoms with Crippen LogP contribution in [-0.4, -0.2) is 29.7 Å². The van der Waals surface area contributed by atoms with E-state index in [0.717, 1.165) is 19.4 Å². The van der Waals surface area contributed by atoms with Crippen LogP contribution in [-0.2, 0) is 9.59 Å². The maximum Gasteiger partial charge on any atom is 0.222 e. The van der Waals surface area contributed by atoms with Crippen LogP contribution in [0.5, 0.6) is 0 Å². The highest BCUT2D eigenvalue weighted by molar-refractivity contribution is 5.81. The minimum Gasteiger partial charge on any atom is -0.342 e. The largest absolute Gasteiger partial charge is 0.342 e. The summed E-state index contributed by atoms with van der Waals surface area (Å²) in [5.74, 6) is 0.901. The lowest BCUT2D eigenvalue weighted by atomic mass is 9.94. The molecule has 0 bridgehead atoms. The third-order valence-corrected chi connectivity index (χ3v) is 2.93. The van der Waals surface area contributed by atoms with Crippen molar-refractivity contribution in [1.82, 2.24) is 4.90 Å². The van der Waals surface area contributed by atoms with Crippen LogP contribution in [0.4, 0.5) is 0 Å². The molecule has 1 aliphatic heterocycles. The van der Waals surface area contributed by atoms with Crippen molar-refractivity contribution < 1.29 is 9.59 Å². The Morgan fingerprint density at radius 2 is 2.07 bits per heavy atom. The van der Waals surface area contributed by atoms with Crippen LogP contribution in [0.3, 0.4) is 0 Å². The van der Waals surface area contributed by atoms with E-state index in [1.807, 2.05) is 18.7 Å². The Morgan fingerprint density at radius 1 is 1.40 bits per heavy atom. The summed E-state index contributed by atoms with van der Waals surface area (Å²) < 4.78 is 0. The zero-order valence-corrected chi connectivity index (χ0v) is 9.95. The second-order valence-electron chi connectivity index (χ2n) is 4.89. The molecule has 1 atom stereocenters. The number of carbonyl (C=O) groups is 2. The minimum atomic E-state index is 0.0786. The number of nitrogens with zero attached hydrogens (tertiary/aromatic N) is 1. The van der Waals surface area contributed by atoms with Gasteiger partial charge in [0.05, 0.1) is 0 Å². The Balaban J connectivity index is 2.48. The molecule has 1 rings (SSSR count). The van der Waals surface area contributed by atoms with Gasteiger partial charge in [0, 0.05) is 25.4 Å².